The summed E-state index contributed by atoms with van der Waals surface area (Å²) in [7, 11) is 0. The van der Waals surface area contributed by atoms with Crippen molar-refractivity contribution in [2.24, 2.45) is 0 Å². The molecule has 0 radical (unpaired) electrons. The molecule has 1 aliphatic carbocycles. The first kappa shape index (κ1) is 14.4. The maximum Gasteiger partial charge on any atom is 0.406 e. The summed E-state index contributed by atoms with van der Waals surface area (Å²) in [5, 5.41) is 0. The normalized spacial score (nSPS) is 15.4. The standard InChI is InChI=1S/C13H13BrF3NO/c1-8-2-3-9(14)6-11(8)12(19)18(10-4-5-10)7-13(15,16)17/h2-3,6,10H,4-5,7H2,1H3. The molecule has 0 heterocycles. The SMILES string of the molecule is Cc1ccc(Br)cc1C(=O)N(CC(F)(F)F)C1CC1. The van der Waals surface area contributed by atoms with Crippen molar-refractivity contribution in [1.82, 2.24) is 4.90 Å². The van der Waals surface area contributed by atoms with Crippen molar-refractivity contribution in [2.45, 2.75) is 32.0 Å². The highest BCUT2D eigenvalue weighted by atomic mass is 79.9. The lowest BCUT2D eigenvalue weighted by Crippen LogP contribution is -2.40. The second-order valence-electron chi connectivity index (χ2n) is 4.74. The molecule has 0 spiro atoms. The smallest absolute Gasteiger partial charge is 0.327 e. The van der Waals surface area contributed by atoms with Gasteiger partial charge in [0.1, 0.15) is 6.54 Å². The minimum Gasteiger partial charge on any atom is -0.327 e. The van der Waals surface area contributed by atoms with E-state index in [9.17, 15) is 18.0 Å². The molecule has 0 aromatic heterocycles. The zero-order valence-electron chi connectivity index (χ0n) is 10.3. The van der Waals surface area contributed by atoms with E-state index in [0.717, 1.165) is 4.90 Å². The number of rotatable bonds is 3. The van der Waals surface area contributed by atoms with Gasteiger partial charge in [-0.2, -0.15) is 13.2 Å². The summed E-state index contributed by atoms with van der Waals surface area (Å²) in [4.78, 5) is 13.2. The van der Waals surface area contributed by atoms with E-state index in [1.165, 1.54) is 0 Å². The molecule has 1 aromatic rings. The number of carbonyl (C=O) groups is 1. The molecule has 6 heteroatoms. The lowest BCUT2D eigenvalue weighted by molar-refractivity contribution is -0.141. The van der Waals surface area contributed by atoms with Crippen molar-refractivity contribution >= 4 is 21.8 Å². The lowest BCUT2D eigenvalue weighted by Gasteiger charge is -2.24. The molecule has 0 aliphatic heterocycles. The molecule has 1 amide bonds. The number of benzene rings is 1. The zero-order chi connectivity index (χ0) is 14.2. The van der Waals surface area contributed by atoms with E-state index in [-0.39, 0.29) is 6.04 Å². The fraction of sp³-hybridized carbons (Fsp3) is 0.462. The maximum atomic E-state index is 12.5. The van der Waals surface area contributed by atoms with Gasteiger partial charge in [0.25, 0.3) is 5.91 Å². The van der Waals surface area contributed by atoms with E-state index >= 15 is 0 Å². The van der Waals surface area contributed by atoms with Crippen LogP contribution < -0.4 is 0 Å². The van der Waals surface area contributed by atoms with Crippen molar-refractivity contribution in [1.29, 1.82) is 0 Å². The Bertz CT molecular complexity index is 497. The number of aryl methyl sites for hydroxylation is 1. The molecule has 2 nitrogen and oxygen atoms in total. The molecule has 0 bridgehead atoms. The highest BCUT2D eigenvalue weighted by Crippen LogP contribution is 2.32. The van der Waals surface area contributed by atoms with Crippen LogP contribution in [0.3, 0.4) is 0 Å². The number of hydrogen-bond donors (Lipinski definition) is 0. The second kappa shape index (κ2) is 5.15. The van der Waals surface area contributed by atoms with Crippen LogP contribution in [0.15, 0.2) is 22.7 Å². The summed E-state index contributed by atoms with van der Waals surface area (Å²) < 4.78 is 38.3. The summed E-state index contributed by atoms with van der Waals surface area (Å²) >= 11 is 3.23. The summed E-state index contributed by atoms with van der Waals surface area (Å²) in [6.07, 6.45) is -3.07. The van der Waals surface area contributed by atoms with Gasteiger partial charge in [0.15, 0.2) is 0 Å². The number of carbonyl (C=O) groups excluding carboxylic acids is 1. The van der Waals surface area contributed by atoms with Crippen LogP contribution in [-0.4, -0.2) is 29.6 Å². The molecule has 0 unspecified atom stereocenters. The van der Waals surface area contributed by atoms with E-state index in [0.29, 0.717) is 28.4 Å². The number of hydrogen-bond acceptors (Lipinski definition) is 1. The maximum absolute atomic E-state index is 12.5. The van der Waals surface area contributed by atoms with Crippen LogP contribution in [0.25, 0.3) is 0 Å². The summed E-state index contributed by atoms with van der Waals surface area (Å²) in [6.45, 7) is 0.542. The number of alkyl halides is 3. The van der Waals surface area contributed by atoms with E-state index in [4.69, 9.17) is 0 Å². The Balaban J connectivity index is 2.26. The molecule has 1 saturated carbocycles. The minimum absolute atomic E-state index is 0.271. The third-order valence-electron chi connectivity index (χ3n) is 3.03. The molecule has 2 rings (SSSR count). The molecule has 1 fully saturated rings. The van der Waals surface area contributed by atoms with Crippen molar-refractivity contribution in [3.63, 3.8) is 0 Å². The molecule has 104 valence electrons. The number of amides is 1. The monoisotopic (exact) mass is 335 g/mol. The first-order valence-corrected chi connectivity index (χ1v) is 6.71. The third kappa shape index (κ3) is 3.72. The van der Waals surface area contributed by atoms with Gasteiger partial charge in [-0.1, -0.05) is 22.0 Å². The Morgan fingerprint density at radius 3 is 2.58 bits per heavy atom. The zero-order valence-corrected chi connectivity index (χ0v) is 11.9. The van der Waals surface area contributed by atoms with Crippen LogP contribution in [0.1, 0.15) is 28.8 Å². The number of nitrogens with zero attached hydrogens (tertiary/aromatic N) is 1. The topological polar surface area (TPSA) is 20.3 Å². The Morgan fingerprint density at radius 2 is 2.05 bits per heavy atom. The fourth-order valence-corrected chi connectivity index (χ4v) is 2.29. The Morgan fingerprint density at radius 1 is 1.42 bits per heavy atom. The Hall–Kier alpha value is -1.04. The van der Waals surface area contributed by atoms with E-state index in [1.807, 2.05) is 0 Å². The molecule has 0 saturated heterocycles. The average molecular weight is 336 g/mol. The molecule has 19 heavy (non-hydrogen) atoms. The van der Waals surface area contributed by atoms with Crippen LogP contribution >= 0.6 is 15.9 Å². The van der Waals surface area contributed by atoms with Crippen LogP contribution in [0, 0.1) is 6.92 Å². The molecule has 1 aliphatic rings. The third-order valence-corrected chi connectivity index (χ3v) is 3.52. The lowest BCUT2D eigenvalue weighted by atomic mass is 10.1. The predicted molar refractivity (Wildman–Crippen MR) is 69.0 cm³/mol. The van der Waals surface area contributed by atoms with Crippen molar-refractivity contribution in [2.75, 3.05) is 6.54 Å². The van der Waals surface area contributed by atoms with Gasteiger partial charge in [-0.3, -0.25) is 4.79 Å². The van der Waals surface area contributed by atoms with Gasteiger partial charge in [0.05, 0.1) is 0 Å². The van der Waals surface area contributed by atoms with E-state index in [1.54, 1.807) is 25.1 Å². The molecule has 0 atom stereocenters. The Labute approximate surface area is 117 Å². The van der Waals surface area contributed by atoms with Gasteiger partial charge in [-0.25, -0.2) is 0 Å². The predicted octanol–water partition coefficient (Wildman–Crippen LogP) is 3.92. The minimum atomic E-state index is -4.36. The quantitative estimate of drug-likeness (QED) is 0.819. The van der Waals surface area contributed by atoms with Crippen molar-refractivity contribution < 1.29 is 18.0 Å². The largest absolute Gasteiger partial charge is 0.406 e. The van der Waals surface area contributed by atoms with E-state index in [2.05, 4.69) is 15.9 Å². The van der Waals surface area contributed by atoms with Gasteiger partial charge in [0.2, 0.25) is 0 Å². The second-order valence-corrected chi connectivity index (χ2v) is 5.65. The van der Waals surface area contributed by atoms with Crippen LogP contribution in [0.5, 0.6) is 0 Å². The molecular formula is C13H13BrF3NO. The average Bonchev–Trinajstić information content (AvgIpc) is 3.11. The van der Waals surface area contributed by atoms with Gasteiger partial charge in [0, 0.05) is 16.1 Å². The highest BCUT2D eigenvalue weighted by Gasteiger charge is 2.41. The van der Waals surface area contributed by atoms with Crippen LogP contribution in [0.4, 0.5) is 13.2 Å². The fourth-order valence-electron chi connectivity index (χ4n) is 1.93. The van der Waals surface area contributed by atoms with Gasteiger partial charge >= 0.3 is 6.18 Å². The van der Waals surface area contributed by atoms with Gasteiger partial charge in [-0.15, -0.1) is 0 Å². The first-order valence-electron chi connectivity index (χ1n) is 5.92. The highest BCUT2D eigenvalue weighted by molar-refractivity contribution is 9.10. The Kier molecular flexibility index (Phi) is 3.90. The summed E-state index contributed by atoms with van der Waals surface area (Å²) in [5.74, 6) is -0.543. The first-order chi connectivity index (χ1) is 8.78. The molecule has 0 N–H and O–H groups in total. The van der Waals surface area contributed by atoms with Gasteiger partial charge < -0.3 is 4.90 Å². The van der Waals surface area contributed by atoms with Crippen LogP contribution in [0.2, 0.25) is 0 Å². The van der Waals surface area contributed by atoms with Crippen LogP contribution in [-0.2, 0) is 0 Å². The van der Waals surface area contributed by atoms with E-state index < -0.39 is 18.6 Å². The van der Waals surface area contributed by atoms with Gasteiger partial charge in [-0.05, 0) is 37.5 Å². The summed E-state index contributed by atoms with van der Waals surface area (Å²) in [6, 6.07) is 4.78. The molecular weight excluding hydrogens is 323 g/mol. The summed E-state index contributed by atoms with van der Waals surface area (Å²) in [5.41, 5.74) is 1.01. The van der Waals surface area contributed by atoms with Crippen molar-refractivity contribution in [3.05, 3.63) is 33.8 Å². The van der Waals surface area contributed by atoms with Crippen molar-refractivity contribution in [3.8, 4) is 0 Å². The number of halogens is 4. The molecule has 1 aromatic carbocycles.